The molecule has 0 atom stereocenters. The fraction of sp³-hybridized carbons (Fsp3) is 0.375. The Hall–Kier alpha value is -1.63. The number of pyridine rings is 1. The number of nitro groups is 1. The molecule has 0 fully saturated rings. The van der Waals surface area contributed by atoms with E-state index < -0.39 is 29.3 Å². The number of aromatic nitrogens is 1. The summed E-state index contributed by atoms with van der Waals surface area (Å²) in [6, 6.07) is 0.974. The zero-order chi connectivity index (χ0) is 11.6. The minimum Gasteiger partial charge on any atom is -0.388 e. The number of aliphatic hydroxyl groups is 1. The van der Waals surface area contributed by atoms with E-state index in [4.69, 9.17) is 5.11 Å². The number of hydrogen-bond acceptors (Lipinski definition) is 4. The SMILES string of the molecule is Cc1cc(C(F)F)c(CO)nc1[N+](=O)[O-]. The lowest BCUT2D eigenvalue weighted by Crippen LogP contribution is -2.04. The Morgan fingerprint density at radius 2 is 2.27 bits per heavy atom. The molecule has 5 nitrogen and oxygen atoms in total. The summed E-state index contributed by atoms with van der Waals surface area (Å²) in [6.45, 7) is 0.568. The van der Waals surface area contributed by atoms with E-state index in [0.29, 0.717) is 0 Å². The standard InChI is InChI=1S/C8H8F2N2O3/c1-4-2-5(7(9)10)6(3-13)11-8(4)12(14)15/h2,7,13H,3H2,1H3. The highest BCUT2D eigenvalue weighted by Crippen LogP contribution is 2.26. The first-order chi connectivity index (χ1) is 6.97. The molecular weight excluding hydrogens is 210 g/mol. The molecule has 1 heterocycles. The van der Waals surface area contributed by atoms with Crippen LogP contribution in [0.25, 0.3) is 0 Å². The molecule has 0 aromatic carbocycles. The third-order valence-corrected chi connectivity index (χ3v) is 1.86. The lowest BCUT2D eigenvalue weighted by Gasteiger charge is -2.04. The van der Waals surface area contributed by atoms with Crippen LogP contribution in [0.15, 0.2) is 6.07 Å². The predicted molar refractivity (Wildman–Crippen MR) is 46.5 cm³/mol. The summed E-state index contributed by atoms with van der Waals surface area (Å²) < 4.78 is 24.8. The molecule has 1 aromatic heterocycles. The fourth-order valence-corrected chi connectivity index (χ4v) is 1.16. The Morgan fingerprint density at radius 3 is 2.67 bits per heavy atom. The highest BCUT2D eigenvalue weighted by molar-refractivity contribution is 5.38. The van der Waals surface area contributed by atoms with Gasteiger partial charge in [0, 0.05) is 5.56 Å². The van der Waals surface area contributed by atoms with Gasteiger partial charge < -0.3 is 15.2 Å². The Labute approximate surface area is 83.5 Å². The molecular formula is C8H8F2N2O3. The number of aryl methyl sites for hydroxylation is 1. The number of rotatable bonds is 3. The zero-order valence-electron chi connectivity index (χ0n) is 7.78. The van der Waals surface area contributed by atoms with Crippen molar-refractivity contribution in [1.29, 1.82) is 0 Å². The van der Waals surface area contributed by atoms with E-state index in [-0.39, 0.29) is 11.3 Å². The summed E-state index contributed by atoms with van der Waals surface area (Å²) in [6.07, 6.45) is -2.81. The molecule has 0 saturated heterocycles. The van der Waals surface area contributed by atoms with Crippen LogP contribution >= 0.6 is 0 Å². The lowest BCUT2D eigenvalue weighted by molar-refractivity contribution is -0.390. The van der Waals surface area contributed by atoms with Gasteiger partial charge in [-0.25, -0.2) is 8.78 Å². The molecule has 15 heavy (non-hydrogen) atoms. The summed E-state index contributed by atoms with van der Waals surface area (Å²) in [4.78, 5) is 13.1. The van der Waals surface area contributed by atoms with Crippen LogP contribution in [0.1, 0.15) is 23.2 Å². The van der Waals surface area contributed by atoms with Crippen molar-refractivity contribution in [3.05, 3.63) is 33.0 Å². The topological polar surface area (TPSA) is 76.3 Å². The Balaban J connectivity index is 3.35. The molecule has 1 rings (SSSR count). The monoisotopic (exact) mass is 218 g/mol. The summed E-state index contributed by atoms with van der Waals surface area (Å²) in [5.41, 5.74) is -0.782. The van der Waals surface area contributed by atoms with Crippen molar-refractivity contribution in [1.82, 2.24) is 4.98 Å². The highest BCUT2D eigenvalue weighted by Gasteiger charge is 2.23. The largest absolute Gasteiger partial charge is 0.388 e. The van der Waals surface area contributed by atoms with Gasteiger partial charge in [-0.15, -0.1) is 0 Å². The summed E-state index contributed by atoms with van der Waals surface area (Å²) >= 11 is 0. The Bertz CT molecular complexity index is 396. The molecule has 7 heteroatoms. The summed E-state index contributed by atoms with van der Waals surface area (Å²) in [5.74, 6) is -0.511. The van der Waals surface area contributed by atoms with Crippen molar-refractivity contribution < 1.29 is 18.8 Å². The van der Waals surface area contributed by atoms with Crippen molar-refractivity contribution in [3.8, 4) is 0 Å². The van der Waals surface area contributed by atoms with Crippen LogP contribution < -0.4 is 0 Å². The maximum Gasteiger partial charge on any atom is 0.366 e. The molecule has 0 amide bonds. The average Bonchev–Trinajstić information content (AvgIpc) is 2.16. The number of nitrogens with zero attached hydrogens (tertiary/aromatic N) is 2. The number of hydrogen-bond donors (Lipinski definition) is 1. The fourth-order valence-electron chi connectivity index (χ4n) is 1.16. The molecule has 0 saturated carbocycles. The minimum absolute atomic E-state index is 0.0486. The van der Waals surface area contributed by atoms with Crippen LogP contribution in [0.2, 0.25) is 0 Å². The van der Waals surface area contributed by atoms with E-state index in [1.807, 2.05) is 0 Å². The first-order valence-electron chi connectivity index (χ1n) is 4.01. The first kappa shape index (κ1) is 11.4. The molecule has 0 aliphatic rings. The summed E-state index contributed by atoms with van der Waals surface area (Å²) in [7, 11) is 0. The quantitative estimate of drug-likeness (QED) is 0.619. The van der Waals surface area contributed by atoms with Crippen molar-refractivity contribution in [2.24, 2.45) is 0 Å². The van der Waals surface area contributed by atoms with E-state index in [0.717, 1.165) is 6.07 Å². The normalized spacial score (nSPS) is 10.7. The molecule has 0 radical (unpaired) electrons. The molecule has 0 spiro atoms. The van der Waals surface area contributed by atoms with Gasteiger partial charge in [0.05, 0.1) is 5.56 Å². The number of aliphatic hydroxyl groups excluding tert-OH is 1. The second-order valence-corrected chi connectivity index (χ2v) is 2.88. The van der Waals surface area contributed by atoms with Crippen LogP contribution in [-0.4, -0.2) is 15.0 Å². The maximum atomic E-state index is 12.4. The van der Waals surface area contributed by atoms with Crippen LogP contribution in [0.5, 0.6) is 0 Å². The Kier molecular flexibility index (Phi) is 3.25. The van der Waals surface area contributed by atoms with E-state index >= 15 is 0 Å². The minimum atomic E-state index is -2.81. The van der Waals surface area contributed by atoms with Gasteiger partial charge in [0.1, 0.15) is 6.61 Å². The molecule has 0 unspecified atom stereocenters. The van der Waals surface area contributed by atoms with Crippen molar-refractivity contribution in [2.45, 2.75) is 20.0 Å². The predicted octanol–water partition coefficient (Wildman–Crippen LogP) is 1.73. The third-order valence-electron chi connectivity index (χ3n) is 1.86. The van der Waals surface area contributed by atoms with Gasteiger partial charge in [-0.3, -0.25) is 0 Å². The second-order valence-electron chi connectivity index (χ2n) is 2.88. The summed E-state index contributed by atoms with van der Waals surface area (Å²) in [5, 5.41) is 19.2. The number of halogens is 2. The average molecular weight is 218 g/mol. The van der Waals surface area contributed by atoms with Gasteiger partial charge in [-0.05, 0) is 22.9 Å². The molecule has 0 aliphatic heterocycles. The van der Waals surface area contributed by atoms with Crippen molar-refractivity contribution >= 4 is 5.82 Å². The van der Waals surface area contributed by atoms with Crippen molar-refractivity contribution in [3.63, 3.8) is 0 Å². The lowest BCUT2D eigenvalue weighted by atomic mass is 10.1. The first-order valence-corrected chi connectivity index (χ1v) is 4.01. The zero-order valence-corrected chi connectivity index (χ0v) is 7.78. The van der Waals surface area contributed by atoms with Crippen LogP contribution in [0.3, 0.4) is 0 Å². The smallest absolute Gasteiger partial charge is 0.366 e. The second kappa shape index (κ2) is 4.26. The molecule has 1 aromatic rings. The van der Waals surface area contributed by atoms with Crippen LogP contribution in [0, 0.1) is 17.0 Å². The Morgan fingerprint density at radius 1 is 1.67 bits per heavy atom. The van der Waals surface area contributed by atoms with Gasteiger partial charge in [0.2, 0.25) is 0 Å². The number of alkyl halides is 2. The van der Waals surface area contributed by atoms with Crippen molar-refractivity contribution in [2.75, 3.05) is 0 Å². The van der Waals surface area contributed by atoms with Gasteiger partial charge in [-0.2, -0.15) is 0 Å². The molecule has 82 valence electrons. The molecule has 0 aliphatic carbocycles. The third kappa shape index (κ3) is 2.24. The van der Waals surface area contributed by atoms with E-state index in [2.05, 4.69) is 4.98 Å². The van der Waals surface area contributed by atoms with E-state index in [9.17, 15) is 18.9 Å². The van der Waals surface area contributed by atoms with Gasteiger partial charge in [0.15, 0.2) is 5.69 Å². The van der Waals surface area contributed by atoms with Gasteiger partial charge in [0.25, 0.3) is 6.43 Å². The van der Waals surface area contributed by atoms with E-state index in [1.54, 1.807) is 0 Å². The highest BCUT2D eigenvalue weighted by atomic mass is 19.3. The van der Waals surface area contributed by atoms with Crippen LogP contribution in [0.4, 0.5) is 14.6 Å². The van der Waals surface area contributed by atoms with E-state index in [1.165, 1.54) is 6.92 Å². The maximum absolute atomic E-state index is 12.4. The molecule has 1 N–H and O–H groups in total. The van der Waals surface area contributed by atoms with Gasteiger partial charge in [-0.1, -0.05) is 0 Å². The van der Waals surface area contributed by atoms with Gasteiger partial charge >= 0.3 is 5.82 Å². The van der Waals surface area contributed by atoms with Crippen LogP contribution in [-0.2, 0) is 6.61 Å². The molecule has 0 bridgehead atoms.